The molecule has 1 fully saturated rings. The lowest BCUT2D eigenvalue weighted by atomic mass is 10.0. The predicted octanol–water partition coefficient (Wildman–Crippen LogP) is 2.82. The van der Waals surface area contributed by atoms with Crippen molar-refractivity contribution in [1.82, 2.24) is 0 Å². The van der Waals surface area contributed by atoms with Crippen LogP contribution in [0.1, 0.15) is 37.8 Å². The number of benzene rings is 1. The lowest BCUT2D eigenvalue weighted by molar-refractivity contribution is 0.239. The topological polar surface area (TPSA) is 35.2 Å². The van der Waals surface area contributed by atoms with Gasteiger partial charge in [-0.15, -0.1) is 0 Å². The van der Waals surface area contributed by atoms with Crippen molar-refractivity contribution in [2.45, 2.75) is 51.7 Å². The molecule has 1 aliphatic rings. The van der Waals surface area contributed by atoms with Gasteiger partial charge in [-0.2, -0.15) is 0 Å². The second-order valence-corrected chi connectivity index (χ2v) is 5.32. The van der Waals surface area contributed by atoms with Crippen molar-refractivity contribution in [3.63, 3.8) is 0 Å². The second kappa shape index (κ2) is 4.10. The molecule has 2 rings (SSSR count). The number of rotatable bonds is 4. The average molecular weight is 219 g/mol. The van der Waals surface area contributed by atoms with Gasteiger partial charge in [-0.25, -0.2) is 0 Å². The zero-order valence-corrected chi connectivity index (χ0v) is 10.4. The maximum atomic E-state index is 6.17. The summed E-state index contributed by atoms with van der Waals surface area (Å²) in [6, 6.07) is 6.36. The van der Waals surface area contributed by atoms with Gasteiger partial charge in [0.05, 0.1) is 6.10 Å². The van der Waals surface area contributed by atoms with E-state index in [9.17, 15) is 0 Å². The third kappa shape index (κ3) is 2.76. The molecular formula is C14H21NO. The lowest BCUT2D eigenvalue weighted by Gasteiger charge is -2.17. The average Bonchev–Trinajstić information content (AvgIpc) is 2.88. The van der Waals surface area contributed by atoms with Crippen LogP contribution in [0, 0.1) is 6.92 Å². The highest BCUT2D eigenvalue weighted by Gasteiger charge is 2.38. The minimum Gasteiger partial charge on any atom is -0.491 e. The minimum atomic E-state index is 0.0445. The van der Waals surface area contributed by atoms with Crippen LogP contribution in [-0.2, 0) is 6.42 Å². The molecule has 0 aliphatic heterocycles. The Morgan fingerprint density at radius 2 is 2.06 bits per heavy atom. The van der Waals surface area contributed by atoms with Crippen LogP contribution >= 0.6 is 0 Å². The van der Waals surface area contributed by atoms with E-state index in [0.29, 0.717) is 0 Å². The van der Waals surface area contributed by atoms with Crippen LogP contribution in [0.2, 0.25) is 0 Å². The summed E-state index contributed by atoms with van der Waals surface area (Å²) in [5, 5.41) is 0. The molecule has 0 unspecified atom stereocenters. The van der Waals surface area contributed by atoms with Crippen LogP contribution in [0.4, 0.5) is 0 Å². The first-order valence-electron chi connectivity index (χ1n) is 6.04. The van der Waals surface area contributed by atoms with E-state index in [1.165, 1.54) is 11.1 Å². The van der Waals surface area contributed by atoms with E-state index in [2.05, 4.69) is 39.0 Å². The van der Waals surface area contributed by atoms with Gasteiger partial charge in [-0.1, -0.05) is 17.7 Å². The summed E-state index contributed by atoms with van der Waals surface area (Å²) >= 11 is 0. The van der Waals surface area contributed by atoms with Crippen molar-refractivity contribution in [1.29, 1.82) is 0 Å². The van der Waals surface area contributed by atoms with Crippen LogP contribution in [-0.4, -0.2) is 11.6 Å². The molecular weight excluding hydrogens is 198 g/mol. The smallest absolute Gasteiger partial charge is 0.122 e. The summed E-state index contributed by atoms with van der Waals surface area (Å²) in [4.78, 5) is 0. The van der Waals surface area contributed by atoms with E-state index >= 15 is 0 Å². The van der Waals surface area contributed by atoms with Gasteiger partial charge < -0.3 is 10.5 Å². The standard InChI is InChI=1S/C14H21NO/c1-10(2)16-13-5-4-11(3)8-12(13)9-14(15)6-7-14/h4-5,8,10H,6-7,9,15H2,1-3H3. The monoisotopic (exact) mass is 219 g/mol. The van der Waals surface area contributed by atoms with Gasteiger partial charge in [0.1, 0.15) is 5.75 Å². The Morgan fingerprint density at radius 1 is 1.38 bits per heavy atom. The summed E-state index contributed by atoms with van der Waals surface area (Å²) in [6.07, 6.45) is 3.44. The molecule has 0 amide bonds. The van der Waals surface area contributed by atoms with E-state index in [0.717, 1.165) is 25.0 Å². The number of ether oxygens (including phenoxy) is 1. The molecule has 0 saturated heterocycles. The third-order valence-corrected chi connectivity index (χ3v) is 3.01. The molecule has 0 heterocycles. The summed E-state index contributed by atoms with van der Waals surface area (Å²) in [6.45, 7) is 6.22. The SMILES string of the molecule is Cc1ccc(OC(C)C)c(CC2(N)CC2)c1. The summed E-state index contributed by atoms with van der Waals surface area (Å²) in [5.74, 6) is 0.998. The van der Waals surface area contributed by atoms with Crippen molar-refractivity contribution in [2.24, 2.45) is 5.73 Å². The number of hydrogen-bond acceptors (Lipinski definition) is 2. The molecule has 1 saturated carbocycles. The third-order valence-electron chi connectivity index (χ3n) is 3.01. The Hall–Kier alpha value is -1.02. The summed E-state index contributed by atoms with van der Waals surface area (Å²) in [7, 11) is 0. The Morgan fingerprint density at radius 3 is 2.62 bits per heavy atom. The molecule has 1 aliphatic carbocycles. The van der Waals surface area contributed by atoms with E-state index in [4.69, 9.17) is 10.5 Å². The van der Waals surface area contributed by atoms with Crippen LogP contribution < -0.4 is 10.5 Å². The lowest BCUT2D eigenvalue weighted by Crippen LogP contribution is -2.25. The first-order chi connectivity index (χ1) is 7.48. The Bertz CT molecular complexity index is 380. The molecule has 88 valence electrons. The van der Waals surface area contributed by atoms with E-state index < -0.39 is 0 Å². The van der Waals surface area contributed by atoms with Gasteiger partial charge in [0.2, 0.25) is 0 Å². The van der Waals surface area contributed by atoms with Crippen molar-refractivity contribution in [3.8, 4) is 5.75 Å². The molecule has 0 spiro atoms. The van der Waals surface area contributed by atoms with Gasteiger partial charge in [0, 0.05) is 5.54 Å². The van der Waals surface area contributed by atoms with Gasteiger partial charge in [0.15, 0.2) is 0 Å². The van der Waals surface area contributed by atoms with Crippen LogP contribution in [0.3, 0.4) is 0 Å². The maximum Gasteiger partial charge on any atom is 0.122 e. The van der Waals surface area contributed by atoms with E-state index in [-0.39, 0.29) is 11.6 Å². The second-order valence-electron chi connectivity index (χ2n) is 5.32. The predicted molar refractivity (Wildman–Crippen MR) is 66.8 cm³/mol. The van der Waals surface area contributed by atoms with Crippen LogP contribution in [0.25, 0.3) is 0 Å². The fraction of sp³-hybridized carbons (Fsp3) is 0.571. The molecule has 1 aromatic carbocycles. The van der Waals surface area contributed by atoms with Crippen molar-refractivity contribution in [3.05, 3.63) is 29.3 Å². The Labute approximate surface area is 97.8 Å². The quantitative estimate of drug-likeness (QED) is 0.845. The molecule has 2 N–H and O–H groups in total. The normalized spacial score (nSPS) is 17.6. The largest absolute Gasteiger partial charge is 0.491 e. The highest BCUT2D eigenvalue weighted by molar-refractivity contribution is 5.39. The molecule has 2 heteroatoms. The number of nitrogens with two attached hydrogens (primary N) is 1. The van der Waals surface area contributed by atoms with Gasteiger partial charge >= 0.3 is 0 Å². The Balaban J connectivity index is 2.21. The molecule has 1 aromatic rings. The molecule has 0 atom stereocenters. The molecule has 2 nitrogen and oxygen atoms in total. The first kappa shape index (κ1) is 11.5. The van der Waals surface area contributed by atoms with E-state index in [1.807, 2.05) is 0 Å². The first-order valence-corrected chi connectivity index (χ1v) is 6.04. The molecule has 0 bridgehead atoms. The molecule has 0 radical (unpaired) electrons. The van der Waals surface area contributed by atoms with Gasteiger partial charge in [0.25, 0.3) is 0 Å². The fourth-order valence-corrected chi connectivity index (χ4v) is 1.93. The highest BCUT2D eigenvalue weighted by Crippen LogP contribution is 2.38. The van der Waals surface area contributed by atoms with Crippen LogP contribution in [0.5, 0.6) is 5.75 Å². The van der Waals surface area contributed by atoms with Gasteiger partial charge in [-0.05, 0) is 51.7 Å². The zero-order chi connectivity index (χ0) is 11.8. The van der Waals surface area contributed by atoms with Crippen LogP contribution in [0.15, 0.2) is 18.2 Å². The molecule has 16 heavy (non-hydrogen) atoms. The molecule has 0 aromatic heterocycles. The summed E-state index contributed by atoms with van der Waals surface area (Å²) < 4.78 is 5.82. The van der Waals surface area contributed by atoms with Crippen molar-refractivity contribution in [2.75, 3.05) is 0 Å². The van der Waals surface area contributed by atoms with Crippen molar-refractivity contribution < 1.29 is 4.74 Å². The van der Waals surface area contributed by atoms with Gasteiger partial charge in [-0.3, -0.25) is 0 Å². The maximum absolute atomic E-state index is 6.17. The highest BCUT2D eigenvalue weighted by atomic mass is 16.5. The van der Waals surface area contributed by atoms with E-state index in [1.54, 1.807) is 0 Å². The summed E-state index contributed by atoms with van der Waals surface area (Å²) in [5.41, 5.74) is 8.75. The number of hydrogen-bond donors (Lipinski definition) is 1. The Kier molecular flexibility index (Phi) is 2.94. The van der Waals surface area contributed by atoms with Crippen molar-refractivity contribution >= 4 is 0 Å². The fourth-order valence-electron chi connectivity index (χ4n) is 1.93. The number of aryl methyl sites for hydroxylation is 1. The zero-order valence-electron chi connectivity index (χ0n) is 10.4. The minimum absolute atomic E-state index is 0.0445.